The molecule has 0 aliphatic carbocycles. The molecule has 0 saturated carbocycles. The van der Waals surface area contributed by atoms with Crippen molar-refractivity contribution in [2.75, 3.05) is 17.7 Å². The lowest BCUT2D eigenvalue weighted by molar-refractivity contribution is 0.795. The molecule has 20 heavy (non-hydrogen) atoms. The van der Waals surface area contributed by atoms with Crippen molar-refractivity contribution in [3.63, 3.8) is 0 Å². The molecule has 3 rings (SSSR count). The summed E-state index contributed by atoms with van der Waals surface area (Å²) in [5, 5.41) is 4.09. The zero-order valence-electron chi connectivity index (χ0n) is 10.9. The third-order valence-corrected chi connectivity index (χ3v) is 2.78. The highest BCUT2D eigenvalue weighted by molar-refractivity contribution is 5.56. The summed E-state index contributed by atoms with van der Waals surface area (Å²) >= 11 is 0. The van der Waals surface area contributed by atoms with E-state index in [0.29, 0.717) is 11.9 Å². The molecule has 3 aromatic rings. The van der Waals surface area contributed by atoms with E-state index < -0.39 is 0 Å². The minimum atomic E-state index is 0.156. The normalized spacial score (nSPS) is 10.4. The van der Waals surface area contributed by atoms with E-state index in [-0.39, 0.29) is 5.95 Å². The van der Waals surface area contributed by atoms with Crippen LogP contribution < -0.4 is 10.6 Å². The van der Waals surface area contributed by atoms with Gasteiger partial charge in [-0.3, -0.25) is 0 Å². The number of nitrogens with zero attached hydrogens (tertiary/aromatic N) is 6. The van der Waals surface area contributed by atoms with E-state index in [2.05, 4.69) is 20.1 Å². The molecule has 0 fully saturated rings. The largest absolute Gasteiger partial charge is 0.368 e. The maximum Gasteiger partial charge on any atom is 0.257 e. The summed E-state index contributed by atoms with van der Waals surface area (Å²) in [6.45, 7) is 0. The molecule has 0 radical (unpaired) electrons. The van der Waals surface area contributed by atoms with Crippen LogP contribution in [0.15, 0.2) is 48.8 Å². The van der Waals surface area contributed by atoms with Gasteiger partial charge in [0, 0.05) is 25.1 Å². The summed E-state index contributed by atoms with van der Waals surface area (Å²) in [5.41, 5.74) is 6.71. The van der Waals surface area contributed by atoms with Gasteiger partial charge < -0.3 is 10.6 Å². The summed E-state index contributed by atoms with van der Waals surface area (Å²) in [7, 11) is 1.87. The van der Waals surface area contributed by atoms with Crippen LogP contribution in [-0.4, -0.2) is 31.8 Å². The van der Waals surface area contributed by atoms with E-state index in [4.69, 9.17) is 5.73 Å². The molecule has 0 aliphatic heterocycles. The Labute approximate surface area is 115 Å². The van der Waals surface area contributed by atoms with Crippen LogP contribution in [0.25, 0.3) is 5.95 Å². The summed E-state index contributed by atoms with van der Waals surface area (Å²) in [6, 6.07) is 11.6. The van der Waals surface area contributed by atoms with Crippen molar-refractivity contribution in [3.05, 3.63) is 48.8 Å². The smallest absolute Gasteiger partial charge is 0.257 e. The van der Waals surface area contributed by atoms with Gasteiger partial charge in [-0.15, -0.1) is 0 Å². The van der Waals surface area contributed by atoms with Gasteiger partial charge in [0.25, 0.3) is 5.95 Å². The van der Waals surface area contributed by atoms with Gasteiger partial charge in [-0.1, -0.05) is 18.2 Å². The molecule has 0 aliphatic rings. The van der Waals surface area contributed by atoms with E-state index in [1.54, 1.807) is 23.1 Å². The molecule has 0 spiro atoms. The van der Waals surface area contributed by atoms with Gasteiger partial charge in [-0.2, -0.15) is 20.1 Å². The molecule has 0 amide bonds. The summed E-state index contributed by atoms with van der Waals surface area (Å²) in [4.78, 5) is 14.5. The monoisotopic (exact) mass is 267 g/mol. The molecule has 0 atom stereocenters. The van der Waals surface area contributed by atoms with Crippen molar-refractivity contribution in [3.8, 4) is 5.95 Å². The first-order chi connectivity index (χ1) is 9.74. The lowest BCUT2D eigenvalue weighted by Gasteiger charge is -2.17. The number of nitrogens with two attached hydrogens (primary N) is 1. The fourth-order valence-corrected chi connectivity index (χ4v) is 1.78. The minimum Gasteiger partial charge on any atom is -0.368 e. The molecule has 0 bridgehead atoms. The van der Waals surface area contributed by atoms with Crippen LogP contribution in [0.1, 0.15) is 0 Å². The number of hydrogen-bond acceptors (Lipinski definition) is 6. The molecule has 100 valence electrons. The Balaban J connectivity index is 2.02. The van der Waals surface area contributed by atoms with Crippen molar-refractivity contribution in [2.24, 2.45) is 0 Å². The van der Waals surface area contributed by atoms with Gasteiger partial charge in [-0.25, -0.2) is 4.68 Å². The second kappa shape index (κ2) is 4.96. The van der Waals surface area contributed by atoms with Crippen LogP contribution in [0, 0.1) is 0 Å². The number of nitrogen functional groups attached to an aromatic ring is 1. The molecule has 7 heteroatoms. The van der Waals surface area contributed by atoms with Crippen molar-refractivity contribution < 1.29 is 0 Å². The van der Waals surface area contributed by atoms with Gasteiger partial charge in [0.2, 0.25) is 11.9 Å². The zero-order valence-corrected chi connectivity index (χ0v) is 10.9. The minimum absolute atomic E-state index is 0.156. The molecule has 2 heterocycles. The van der Waals surface area contributed by atoms with Gasteiger partial charge in [0.1, 0.15) is 0 Å². The fourth-order valence-electron chi connectivity index (χ4n) is 1.78. The Morgan fingerprint density at radius 1 is 1.05 bits per heavy atom. The Hall–Kier alpha value is -2.96. The number of rotatable bonds is 3. The van der Waals surface area contributed by atoms with E-state index in [1.165, 1.54) is 0 Å². The van der Waals surface area contributed by atoms with Gasteiger partial charge in [-0.05, 0) is 18.2 Å². The fraction of sp³-hybridized carbons (Fsp3) is 0.0769. The van der Waals surface area contributed by atoms with Crippen LogP contribution in [-0.2, 0) is 0 Å². The average molecular weight is 267 g/mol. The number of hydrogen-bond donors (Lipinski definition) is 1. The van der Waals surface area contributed by atoms with E-state index in [0.717, 1.165) is 5.69 Å². The highest BCUT2D eigenvalue weighted by Gasteiger charge is 2.11. The Bertz CT molecular complexity index is 694. The van der Waals surface area contributed by atoms with Gasteiger partial charge in [0.05, 0.1) is 0 Å². The average Bonchev–Trinajstić information content (AvgIpc) is 3.01. The second-order valence-corrected chi connectivity index (χ2v) is 4.14. The van der Waals surface area contributed by atoms with Gasteiger partial charge in [0.15, 0.2) is 0 Å². The second-order valence-electron chi connectivity index (χ2n) is 4.14. The van der Waals surface area contributed by atoms with Crippen LogP contribution in [0.4, 0.5) is 17.6 Å². The van der Waals surface area contributed by atoms with E-state index in [9.17, 15) is 0 Å². The Morgan fingerprint density at radius 3 is 2.55 bits per heavy atom. The third-order valence-electron chi connectivity index (χ3n) is 2.78. The van der Waals surface area contributed by atoms with E-state index in [1.807, 2.05) is 42.3 Å². The lowest BCUT2D eigenvalue weighted by atomic mass is 10.3. The molecular formula is C13H13N7. The first-order valence-electron chi connectivity index (χ1n) is 6.04. The van der Waals surface area contributed by atoms with Crippen LogP contribution in [0.2, 0.25) is 0 Å². The third kappa shape index (κ3) is 2.28. The predicted molar refractivity (Wildman–Crippen MR) is 75.9 cm³/mol. The number of aromatic nitrogens is 5. The summed E-state index contributed by atoms with van der Waals surface area (Å²) in [5.74, 6) is 1.01. The zero-order chi connectivity index (χ0) is 13.9. The first-order valence-corrected chi connectivity index (χ1v) is 6.04. The van der Waals surface area contributed by atoms with Crippen LogP contribution in [0.3, 0.4) is 0 Å². The van der Waals surface area contributed by atoms with Crippen molar-refractivity contribution in [1.29, 1.82) is 0 Å². The molecular weight excluding hydrogens is 254 g/mol. The maximum absolute atomic E-state index is 5.75. The molecule has 2 N–H and O–H groups in total. The standard InChI is InChI=1S/C13H13N7/c1-19(10-6-3-2-4-7-10)12-16-11(14)17-13(18-12)20-9-5-8-15-20/h2-9H,1H3,(H2,14,16,17,18). The SMILES string of the molecule is CN(c1ccccc1)c1nc(N)nc(-n2cccn2)n1. The van der Waals surface area contributed by atoms with Crippen molar-refractivity contribution >= 4 is 17.6 Å². The van der Waals surface area contributed by atoms with Crippen molar-refractivity contribution in [1.82, 2.24) is 24.7 Å². The van der Waals surface area contributed by atoms with Crippen molar-refractivity contribution in [2.45, 2.75) is 0 Å². The topological polar surface area (TPSA) is 85.8 Å². The molecule has 0 saturated heterocycles. The molecule has 1 aromatic carbocycles. The Kier molecular flexibility index (Phi) is 3.00. The van der Waals surface area contributed by atoms with Gasteiger partial charge >= 0.3 is 0 Å². The highest BCUT2D eigenvalue weighted by atomic mass is 15.4. The van der Waals surface area contributed by atoms with E-state index >= 15 is 0 Å². The van der Waals surface area contributed by atoms with Crippen LogP contribution >= 0.6 is 0 Å². The highest BCUT2D eigenvalue weighted by Crippen LogP contribution is 2.20. The molecule has 7 nitrogen and oxygen atoms in total. The quantitative estimate of drug-likeness (QED) is 0.772. The maximum atomic E-state index is 5.75. The lowest BCUT2D eigenvalue weighted by Crippen LogP contribution is -2.17. The number of para-hydroxylation sites is 1. The number of anilines is 3. The van der Waals surface area contributed by atoms with Crippen LogP contribution in [0.5, 0.6) is 0 Å². The predicted octanol–water partition coefficient (Wildman–Crippen LogP) is 1.41. The summed E-state index contributed by atoms with van der Waals surface area (Å²) < 4.78 is 1.54. The Morgan fingerprint density at radius 2 is 1.85 bits per heavy atom. The first kappa shape index (κ1) is 12.1. The summed E-state index contributed by atoms with van der Waals surface area (Å²) in [6.07, 6.45) is 3.40. The molecule has 2 aromatic heterocycles. The number of benzene rings is 1. The molecule has 0 unspecified atom stereocenters.